The lowest BCUT2D eigenvalue weighted by molar-refractivity contribution is 0.371. The Labute approximate surface area is 96.8 Å². The van der Waals surface area contributed by atoms with E-state index in [1.54, 1.807) is 5.38 Å². The van der Waals surface area contributed by atoms with E-state index < -0.39 is 7.60 Å². The summed E-state index contributed by atoms with van der Waals surface area (Å²) in [6, 6.07) is 9.55. The van der Waals surface area contributed by atoms with Crippen molar-refractivity contribution in [3.8, 4) is 10.6 Å². The van der Waals surface area contributed by atoms with E-state index in [0.29, 0.717) is 5.69 Å². The highest BCUT2D eigenvalue weighted by atomic mass is 32.1. The molecule has 2 rings (SSSR count). The number of aromatic nitrogens is 1. The number of hydrogen-bond donors (Lipinski definition) is 2. The molecule has 0 unspecified atom stereocenters. The molecule has 0 spiro atoms. The topological polar surface area (TPSA) is 70.4 Å². The summed E-state index contributed by atoms with van der Waals surface area (Å²) in [7, 11) is -4.02. The van der Waals surface area contributed by atoms with Crippen LogP contribution in [0.2, 0.25) is 0 Å². The second-order valence-corrected chi connectivity index (χ2v) is 5.84. The maximum atomic E-state index is 10.8. The zero-order valence-electron chi connectivity index (χ0n) is 8.28. The van der Waals surface area contributed by atoms with Crippen molar-refractivity contribution in [1.82, 2.24) is 4.98 Å². The quantitative estimate of drug-likeness (QED) is 0.826. The van der Waals surface area contributed by atoms with E-state index in [4.69, 9.17) is 9.79 Å². The molecule has 0 atom stereocenters. The predicted molar refractivity (Wildman–Crippen MR) is 63.3 cm³/mol. The Morgan fingerprint density at radius 3 is 2.56 bits per heavy atom. The van der Waals surface area contributed by atoms with E-state index in [-0.39, 0.29) is 6.16 Å². The maximum Gasteiger partial charge on any atom is 0.331 e. The maximum absolute atomic E-state index is 10.8. The lowest BCUT2D eigenvalue weighted by atomic mass is 10.2. The van der Waals surface area contributed by atoms with Crippen LogP contribution in [-0.2, 0) is 10.7 Å². The first-order chi connectivity index (χ1) is 7.54. The van der Waals surface area contributed by atoms with Crippen LogP contribution in [0.15, 0.2) is 35.7 Å². The van der Waals surface area contributed by atoms with Gasteiger partial charge in [-0.25, -0.2) is 4.98 Å². The Balaban J connectivity index is 2.24. The van der Waals surface area contributed by atoms with Crippen LogP contribution in [0.5, 0.6) is 0 Å². The van der Waals surface area contributed by atoms with E-state index in [0.717, 1.165) is 10.6 Å². The minimum Gasteiger partial charge on any atom is -0.324 e. The van der Waals surface area contributed by atoms with Gasteiger partial charge in [-0.15, -0.1) is 11.3 Å². The van der Waals surface area contributed by atoms with Crippen LogP contribution in [0.4, 0.5) is 0 Å². The average molecular weight is 255 g/mol. The molecule has 1 aromatic heterocycles. The molecule has 0 aliphatic rings. The zero-order chi connectivity index (χ0) is 11.6. The number of rotatable bonds is 3. The van der Waals surface area contributed by atoms with Gasteiger partial charge in [-0.05, 0) is 0 Å². The van der Waals surface area contributed by atoms with E-state index in [2.05, 4.69) is 4.98 Å². The summed E-state index contributed by atoms with van der Waals surface area (Å²) in [5, 5.41) is 2.46. The van der Waals surface area contributed by atoms with Crippen LogP contribution in [0.1, 0.15) is 5.69 Å². The molecule has 0 saturated carbocycles. The molecule has 84 valence electrons. The monoisotopic (exact) mass is 255 g/mol. The molecular formula is C10H10NO3PS. The van der Waals surface area contributed by atoms with Crippen molar-refractivity contribution in [3.63, 3.8) is 0 Å². The molecule has 6 heteroatoms. The molecule has 0 saturated heterocycles. The lowest BCUT2D eigenvalue weighted by Crippen LogP contribution is -1.87. The van der Waals surface area contributed by atoms with Gasteiger partial charge in [0.2, 0.25) is 0 Å². The standard InChI is InChI=1S/C10H10NO3PS/c12-15(13,14)6-9-7-16-10(11-9)8-4-2-1-3-5-8/h1-5,7H,6H2,(H2,12,13,14). The third-order valence-corrected chi connectivity index (χ3v) is 3.62. The molecule has 2 aromatic rings. The van der Waals surface area contributed by atoms with Gasteiger partial charge in [0.25, 0.3) is 0 Å². The highest BCUT2D eigenvalue weighted by Crippen LogP contribution is 2.39. The summed E-state index contributed by atoms with van der Waals surface area (Å²) < 4.78 is 10.8. The summed E-state index contributed by atoms with van der Waals surface area (Å²) in [4.78, 5) is 21.8. The Bertz CT molecular complexity index is 520. The fourth-order valence-electron chi connectivity index (χ4n) is 1.30. The second kappa shape index (κ2) is 4.47. The van der Waals surface area contributed by atoms with Gasteiger partial charge in [0.1, 0.15) is 5.01 Å². The van der Waals surface area contributed by atoms with Gasteiger partial charge in [-0.3, -0.25) is 4.57 Å². The third kappa shape index (κ3) is 3.00. The van der Waals surface area contributed by atoms with Crippen molar-refractivity contribution in [2.75, 3.05) is 0 Å². The first kappa shape index (κ1) is 11.5. The van der Waals surface area contributed by atoms with Crippen molar-refractivity contribution in [2.45, 2.75) is 6.16 Å². The molecule has 0 radical (unpaired) electrons. The molecule has 0 fully saturated rings. The van der Waals surface area contributed by atoms with Crippen molar-refractivity contribution in [1.29, 1.82) is 0 Å². The van der Waals surface area contributed by atoms with Crippen molar-refractivity contribution >= 4 is 18.9 Å². The summed E-state index contributed by atoms with van der Waals surface area (Å²) in [5.41, 5.74) is 1.40. The van der Waals surface area contributed by atoms with Crippen LogP contribution >= 0.6 is 18.9 Å². The zero-order valence-corrected chi connectivity index (χ0v) is 9.99. The highest BCUT2D eigenvalue weighted by Gasteiger charge is 2.16. The Morgan fingerprint density at radius 1 is 1.25 bits per heavy atom. The minimum atomic E-state index is -4.02. The molecule has 1 heterocycles. The van der Waals surface area contributed by atoms with Crippen molar-refractivity contribution < 1.29 is 14.4 Å². The smallest absolute Gasteiger partial charge is 0.324 e. The fraction of sp³-hybridized carbons (Fsp3) is 0.100. The second-order valence-electron chi connectivity index (χ2n) is 3.33. The van der Waals surface area contributed by atoms with Gasteiger partial charge in [0.05, 0.1) is 11.9 Å². The summed E-state index contributed by atoms with van der Waals surface area (Å²) >= 11 is 1.39. The van der Waals surface area contributed by atoms with E-state index in [1.165, 1.54) is 11.3 Å². The number of nitrogens with zero attached hydrogens (tertiary/aromatic N) is 1. The molecule has 0 amide bonds. The Hall–Kier alpha value is -1.00. The fourth-order valence-corrected chi connectivity index (χ4v) is 2.84. The lowest BCUT2D eigenvalue weighted by Gasteiger charge is -1.99. The molecule has 2 N–H and O–H groups in total. The van der Waals surface area contributed by atoms with Gasteiger partial charge in [-0.2, -0.15) is 0 Å². The first-order valence-corrected chi connectivity index (χ1v) is 7.27. The minimum absolute atomic E-state index is 0.295. The van der Waals surface area contributed by atoms with Gasteiger partial charge in [0, 0.05) is 10.9 Å². The van der Waals surface area contributed by atoms with Gasteiger partial charge < -0.3 is 9.79 Å². The Kier molecular flexibility index (Phi) is 3.21. The van der Waals surface area contributed by atoms with Gasteiger partial charge >= 0.3 is 7.60 Å². The van der Waals surface area contributed by atoms with Crippen LogP contribution in [-0.4, -0.2) is 14.8 Å². The van der Waals surface area contributed by atoms with Crippen LogP contribution in [0, 0.1) is 0 Å². The van der Waals surface area contributed by atoms with Gasteiger partial charge in [-0.1, -0.05) is 30.3 Å². The van der Waals surface area contributed by atoms with E-state index in [1.807, 2.05) is 30.3 Å². The van der Waals surface area contributed by atoms with Crippen molar-refractivity contribution in [2.24, 2.45) is 0 Å². The third-order valence-electron chi connectivity index (χ3n) is 1.94. The largest absolute Gasteiger partial charge is 0.331 e. The Morgan fingerprint density at radius 2 is 1.94 bits per heavy atom. The predicted octanol–water partition coefficient (Wildman–Crippen LogP) is 2.49. The molecule has 1 aromatic carbocycles. The summed E-state index contributed by atoms with van der Waals surface area (Å²) in [6.45, 7) is 0. The number of benzene rings is 1. The molecule has 0 bridgehead atoms. The van der Waals surface area contributed by atoms with Crippen LogP contribution in [0.3, 0.4) is 0 Å². The normalized spacial score (nSPS) is 11.6. The first-order valence-electron chi connectivity index (χ1n) is 4.59. The van der Waals surface area contributed by atoms with Crippen LogP contribution < -0.4 is 0 Å². The van der Waals surface area contributed by atoms with E-state index >= 15 is 0 Å². The van der Waals surface area contributed by atoms with Crippen molar-refractivity contribution in [3.05, 3.63) is 41.4 Å². The molecule has 16 heavy (non-hydrogen) atoms. The van der Waals surface area contributed by atoms with Gasteiger partial charge in [0.15, 0.2) is 0 Å². The molecule has 4 nitrogen and oxygen atoms in total. The van der Waals surface area contributed by atoms with E-state index in [9.17, 15) is 4.57 Å². The highest BCUT2D eigenvalue weighted by molar-refractivity contribution is 7.50. The summed E-state index contributed by atoms with van der Waals surface area (Å²) in [6.07, 6.45) is -0.295. The summed E-state index contributed by atoms with van der Waals surface area (Å²) in [5.74, 6) is 0. The molecule has 0 aliphatic heterocycles. The molecule has 0 aliphatic carbocycles. The average Bonchev–Trinajstić information content (AvgIpc) is 2.65. The molecular weight excluding hydrogens is 245 g/mol. The SMILES string of the molecule is O=P(O)(O)Cc1csc(-c2ccccc2)n1. The number of thiazole rings is 1. The number of hydrogen-bond acceptors (Lipinski definition) is 3. The van der Waals surface area contributed by atoms with Crippen LogP contribution in [0.25, 0.3) is 10.6 Å².